The third-order valence-electron chi connectivity index (χ3n) is 13.9. The average Bonchev–Trinajstić information content (AvgIpc) is 3.09. The van der Waals surface area contributed by atoms with Crippen LogP contribution in [-0.4, -0.2) is 13.1 Å². The normalized spacial score (nSPS) is 56.4. The Labute approximate surface area is 198 Å². The summed E-state index contributed by atoms with van der Waals surface area (Å²) < 4.78 is 5.35. The SMILES string of the molecule is COC(=O)C1CC[C@]2(C)CC[C@]3(C)C(CCC4[C@@]5(C)CC[C@H](C)C(C)(C)C5CC[C@]43C)C12. The number of fused-ring (bicyclic) bond motifs is 7. The highest BCUT2D eigenvalue weighted by molar-refractivity contribution is 5.73. The highest BCUT2D eigenvalue weighted by atomic mass is 16.5. The van der Waals surface area contributed by atoms with Crippen molar-refractivity contribution in [3.05, 3.63) is 0 Å². The lowest BCUT2D eigenvalue weighted by Gasteiger charge is -2.73. The van der Waals surface area contributed by atoms with Crippen molar-refractivity contribution in [1.82, 2.24) is 0 Å². The van der Waals surface area contributed by atoms with Crippen LogP contribution in [0.1, 0.15) is 113 Å². The summed E-state index contributed by atoms with van der Waals surface area (Å²) in [5.74, 6) is 3.96. The van der Waals surface area contributed by atoms with Crippen molar-refractivity contribution >= 4 is 5.97 Å². The van der Waals surface area contributed by atoms with Crippen LogP contribution in [0.4, 0.5) is 0 Å². The van der Waals surface area contributed by atoms with E-state index in [2.05, 4.69) is 48.5 Å². The number of esters is 1. The van der Waals surface area contributed by atoms with Gasteiger partial charge in [-0.1, -0.05) is 48.5 Å². The zero-order valence-electron chi connectivity index (χ0n) is 22.4. The Balaban J connectivity index is 1.53. The molecule has 5 saturated carbocycles. The van der Waals surface area contributed by atoms with Crippen LogP contribution in [-0.2, 0) is 9.53 Å². The number of rotatable bonds is 1. The molecule has 5 aliphatic rings. The summed E-state index contributed by atoms with van der Waals surface area (Å²) >= 11 is 0. The maximum absolute atomic E-state index is 12.9. The van der Waals surface area contributed by atoms with E-state index in [1.54, 1.807) is 7.11 Å². The van der Waals surface area contributed by atoms with Gasteiger partial charge >= 0.3 is 5.97 Å². The molecule has 0 heterocycles. The second kappa shape index (κ2) is 7.00. The third kappa shape index (κ3) is 2.68. The van der Waals surface area contributed by atoms with Crippen molar-refractivity contribution in [1.29, 1.82) is 0 Å². The van der Waals surface area contributed by atoms with Crippen LogP contribution in [0.25, 0.3) is 0 Å². The monoisotopic (exact) mass is 442 g/mol. The molecule has 2 nitrogen and oxygen atoms in total. The van der Waals surface area contributed by atoms with Gasteiger partial charge in [-0.3, -0.25) is 4.79 Å². The summed E-state index contributed by atoms with van der Waals surface area (Å²) in [5.41, 5.74) is 2.05. The van der Waals surface area contributed by atoms with Crippen LogP contribution >= 0.6 is 0 Å². The lowest BCUT2D eigenvalue weighted by molar-refractivity contribution is -0.241. The van der Waals surface area contributed by atoms with E-state index in [9.17, 15) is 4.79 Å². The van der Waals surface area contributed by atoms with Gasteiger partial charge in [-0.2, -0.15) is 0 Å². The molecule has 0 aromatic rings. The van der Waals surface area contributed by atoms with Crippen LogP contribution < -0.4 is 0 Å². The first-order chi connectivity index (χ1) is 14.8. The maximum atomic E-state index is 12.9. The van der Waals surface area contributed by atoms with Gasteiger partial charge in [0.15, 0.2) is 0 Å². The van der Waals surface area contributed by atoms with Gasteiger partial charge in [-0.05, 0) is 121 Å². The predicted octanol–water partition coefficient (Wildman–Crippen LogP) is 7.90. The van der Waals surface area contributed by atoms with E-state index in [-0.39, 0.29) is 11.9 Å². The number of ether oxygens (including phenoxy) is 1. The molecule has 0 aromatic carbocycles. The first-order valence-electron chi connectivity index (χ1n) is 13.9. The Morgan fingerprint density at radius 2 is 1.47 bits per heavy atom. The maximum Gasteiger partial charge on any atom is 0.308 e. The summed E-state index contributed by atoms with van der Waals surface area (Å²) in [6, 6.07) is 0. The topological polar surface area (TPSA) is 26.3 Å². The summed E-state index contributed by atoms with van der Waals surface area (Å²) in [7, 11) is 1.60. The van der Waals surface area contributed by atoms with Crippen LogP contribution in [0.3, 0.4) is 0 Å². The fourth-order valence-electron chi connectivity index (χ4n) is 11.5. The first kappa shape index (κ1) is 23.2. The zero-order chi connectivity index (χ0) is 23.3. The average molecular weight is 443 g/mol. The highest BCUT2D eigenvalue weighted by Gasteiger charge is 2.70. The standard InChI is InChI=1S/C30H50O2/c1-19-11-15-28(5)22(26(19,2)3)13-16-30(7)23(28)10-9-21-24-20(25(31)32-8)12-14-27(24,4)17-18-29(21,30)6/h19-24H,9-18H2,1-8H3/t19-,20?,21?,22?,23?,24?,27+,28-,29+,30+/m0/s1. The molecule has 0 radical (unpaired) electrons. The minimum atomic E-state index is 0.0777. The first-order valence-corrected chi connectivity index (χ1v) is 13.9. The van der Waals surface area contributed by atoms with E-state index >= 15 is 0 Å². The summed E-state index contributed by atoms with van der Waals surface area (Å²) in [6.07, 6.45) is 13.3. The molecule has 0 aliphatic heterocycles. The summed E-state index contributed by atoms with van der Waals surface area (Å²) in [4.78, 5) is 12.9. The quantitative estimate of drug-likeness (QED) is 0.386. The number of hydrogen-bond donors (Lipinski definition) is 0. The van der Waals surface area contributed by atoms with E-state index in [0.29, 0.717) is 38.9 Å². The van der Waals surface area contributed by atoms with Crippen LogP contribution in [0.5, 0.6) is 0 Å². The van der Waals surface area contributed by atoms with Gasteiger partial charge < -0.3 is 4.74 Å². The number of hydrogen-bond acceptors (Lipinski definition) is 2. The Hall–Kier alpha value is -0.530. The van der Waals surface area contributed by atoms with E-state index < -0.39 is 0 Å². The molecule has 5 fully saturated rings. The molecule has 0 bridgehead atoms. The van der Waals surface area contributed by atoms with Gasteiger partial charge in [0.2, 0.25) is 0 Å². The molecule has 10 atom stereocenters. The van der Waals surface area contributed by atoms with Crippen LogP contribution in [0.15, 0.2) is 0 Å². The lowest BCUT2D eigenvalue weighted by Crippen LogP contribution is -2.66. The predicted molar refractivity (Wildman–Crippen MR) is 131 cm³/mol. The number of carbonyl (C=O) groups is 1. The fraction of sp³-hybridized carbons (Fsp3) is 0.967. The van der Waals surface area contributed by atoms with Crippen LogP contribution in [0.2, 0.25) is 0 Å². The number of carbonyl (C=O) groups excluding carboxylic acids is 1. The third-order valence-corrected chi connectivity index (χ3v) is 13.9. The Bertz CT molecular complexity index is 786. The molecule has 0 amide bonds. The Kier molecular flexibility index (Phi) is 5.08. The van der Waals surface area contributed by atoms with Crippen molar-refractivity contribution < 1.29 is 9.53 Å². The van der Waals surface area contributed by atoms with Crippen molar-refractivity contribution in [3.63, 3.8) is 0 Å². The lowest BCUT2D eigenvalue weighted by atomic mass is 9.32. The second-order valence-electron chi connectivity index (χ2n) is 14.8. The molecule has 2 heteroatoms. The summed E-state index contributed by atoms with van der Waals surface area (Å²) in [5, 5.41) is 0. The van der Waals surface area contributed by atoms with Gasteiger partial charge in [0.25, 0.3) is 0 Å². The van der Waals surface area contributed by atoms with Crippen LogP contribution in [0, 0.1) is 62.6 Å². The summed E-state index contributed by atoms with van der Waals surface area (Å²) in [6.45, 7) is 18.3. The molecular weight excluding hydrogens is 392 g/mol. The molecule has 5 rings (SSSR count). The minimum Gasteiger partial charge on any atom is -0.469 e. The molecule has 0 N–H and O–H groups in total. The van der Waals surface area contributed by atoms with E-state index in [0.717, 1.165) is 24.2 Å². The van der Waals surface area contributed by atoms with Gasteiger partial charge in [0.1, 0.15) is 0 Å². The minimum absolute atomic E-state index is 0.0777. The van der Waals surface area contributed by atoms with Crippen molar-refractivity contribution in [2.45, 2.75) is 113 Å². The molecule has 5 aliphatic carbocycles. The molecule has 32 heavy (non-hydrogen) atoms. The van der Waals surface area contributed by atoms with E-state index in [1.807, 2.05) is 0 Å². The molecule has 0 aromatic heterocycles. The molecular formula is C30H50O2. The number of methoxy groups -OCH3 is 1. The fourth-order valence-corrected chi connectivity index (χ4v) is 11.5. The van der Waals surface area contributed by atoms with Crippen molar-refractivity contribution in [3.8, 4) is 0 Å². The Morgan fingerprint density at radius 3 is 2.16 bits per heavy atom. The molecule has 5 unspecified atom stereocenters. The molecule has 0 saturated heterocycles. The van der Waals surface area contributed by atoms with E-state index in [1.165, 1.54) is 57.8 Å². The largest absolute Gasteiger partial charge is 0.469 e. The van der Waals surface area contributed by atoms with Crippen molar-refractivity contribution in [2.75, 3.05) is 7.11 Å². The Morgan fingerprint density at radius 1 is 0.750 bits per heavy atom. The molecule has 0 spiro atoms. The van der Waals surface area contributed by atoms with Gasteiger partial charge in [-0.15, -0.1) is 0 Å². The molecule has 182 valence electrons. The smallest absolute Gasteiger partial charge is 0.308 e. The second-order valence-corrected chi connectivity index (χ2v) is 14.8. The van der Waals surface area contributed by atoms with E-state index in [4.69, 9.17) is 4.74 Å². The van der Waals surface area contributed by atoms with Crippen molar-refractivity contribution in [2.24, 2.45) is 62.6 Å². The van der Waals surface area contributed by atoms with Gasteiger partial charge in [-0.25, -0.2) is 0 Å². The van der Waals surface area contributed by atoms with Gasteiger partial charge in [0.05, 0.1) is 13.0 Å². The zero-order valence-corrected chi connectivity index (χ0v) is 22.4. The van der Waals surface area contributed by atoms with Gasteiger partial charge in [0, 0.05) is 0 Å². The highest BCUT2D eigenvalue weighted by Crippen LogP contribution is 2.77.